The molecule has 0 aromatic heterocycles. The van der Waals surface area contributed by atoms with Crippen LogP contribution in [0.15, 0.2) is 35.1 Å². The zero-order chi connectivity index (χ0) is 11.6. The quantitative estimate of drug-likeness (QED) is 0.606. The molecule has 1 rings (SSSR count). The Labute approximate surface area is 91.1 Å². The lowest BCUT2D eigenvalue weighted by Gasteiger charge is -2.00. The van der Waals surface area contributed by atoms with Gasteiger partial charge in [-0.25, -0.2) is 8.42 Å². The Hall–Kier alpha value is -1.40. The predicted molar refractivity (Wildman–Crippen MR) is 55.5 cm³/mol. The van der Waals surface area contributed by atoms with E-state index >= 15 is 0 Å². The van der Waals surface area contributed by atoms with Gasteiger partial charge in [0, 0.05) is 16.5 Å². The lowest BCUT2D eigenvalue weighted by Crippen LogP contribution is -2.01. The highest BCUT2D eigenvalue weighted by Gasteiger charge is 2.23. The van der Waals surface area contributed by atoms with Gasteiger partial charge in [-0.05, 0) is 12.1 Å². The van der Waals surface area contributed by atoms with Crippen molar-refractivity contribution in [1.29, 1.82) is 0 Å². The number of rotatable bonds is 3. The minimum atomic E-state index is -3.83. The van der Waals surface area contributed by atoms with Crippen LogP contribution in [-0.2, 0) is 9.84 Å². The Kier molecular flexibility index (Phi) is 3.11. The smallest absolute Gasteiger partial charge is 0.258 e. The highest BCUT2D eigenvalue weighted by Crippen LogP contribution is 2.28. The van der Waals surface area contributed by atoms with Crippen molar-refractivity contribution in [2.75, 3.05) is 0 Å². The first-order valence-electron chi connectivity index (χ1n) is 3.70. The van der Waals surface area contributed by atoms with E-state index in [1.165, 1.54) is 6.07 Å². The molecule has 1 aromatic carbocycles. The first-order valence-corrected chi connectivity index (χ1v) is 5.62. The van der Waals surface area contributed by atoms with Gasteiger partial charge in [-0.1, -0.05) is 18.2 Å². The third-order valence-electron chi connectivity index (χ3n) is 1.64. The fourth-order valence-corrected chi connectivity index (χ4v) is 1.99. The Balaban J connectivity index is 3.56. The van der Waals surface area contributed by atoms with Crippen LogP contribution in [0.5, 0.6) is 0 Å². The van der Waals surface area contributed by atoms with Crippen molar-refractivity contribution in [2.24, 2.45) is 0 Å². The van der Waals surface area contributed by atoms with Gasteiger partial charge in [0.1, 0.15) is 4.90 Å². The summed E-state index contributed by atoms with van der Waals surface area (Å²) in [5, 5.41) is 11.3. The fourth-order valence-electron chi connectivity index (χ4n) is 0.964. The molecule has 0 fully saturated rings. The van der Waals surface area contributed by atoms with Crippen molar-refractivity contribution in [3.8, 4) is 0 Å². The van der Waals surface area contributed by atoms with Crippen LogP contribution in [0.2, 0.25) is 5.02 Å². The molecule has 15 heavy (non-hydrogen) atoms. The molecule has 0 saturated heterocycles. The Morgan fingerprint density at radius 1 is 1.47 bits per heavy atom. The van der Waals surface area contributed by atoms with E-state index in [4.69, 9.17) is 11.6 Å². The summed E-state index contributed by atoms with van der Waals surface area (Å²) in [5.41, 5.74) is -0.553. The lowest BCUT2D eigenvalue weighted by atomic mass is 10.3. The third kappa shape index (κ3) is 2.34. The zero-order valence-corrected chi connectivity index (χ0v) is 8.96. The van der Waals surface area contributed by atoms with Crippen LogP contribution in [0.25, 0.3) is 0 Å². The largest absolute Gasteiger partial charge is 0.289 e. The summed E-state index contributed by atoms with van der Waals surface area (Å²) >= 11 is 5.53. The lowest BCUT2D eigenvalue weighted by molar-refractivity contribution is -0.387. The van der Waals surface area contributed by atoms with E-state index in [-0.39, 0.29) is 5.02 Å². The molecule has 0 amide bonds. The number of hydrogen-bond donors (Lipinski definition) is 0. The molecule has 7 heteroatoms. The monoisotopic (exact) mass is 247 g/mol. The number of nitro groups is 1. The summed E-state index contributed by atoms with van der Waals surface area (Å²) in [6, 6.07) is 3.33. The van der Waals surface area contributed by atoms with Gasteiger partial charge in [-0.15, -0.1) is 0 Å². The third-order valence-corrected chi connectivity index (χ3v) is 3.28. The molecule has 0 heterocycles. The molecule has 0 atom stereocenters. The summed E-state index contributed by atoms with van der Waals surface area (Å²) in [7, 11) is -3.83. The molecule has 0 unspecified atom stereocenters. The van der Waals surface area contributed by atoms with Crippen molar-refractivity contribution in [3.63, 3.8) is 0 Å². The molecule has 0 aliphatic rings. The first-order chi connectivity index (χ1) is 6.88. The minimum Gasteiger partial charge on any atom is -0.258 e. The maximum atomic E-state index is 11.4. The fraction of sp³-hybridized carbons (Fsp3) is 0. The van der Waals surface area contributed by atoms with Gasteiger partial charge in [0.2, 0.25) is 9.84 Å². The van der Waals surface area contributed by atoms with Crippen molar-refractivity contribution in [1.82, 2.24) is 0 Å². The van der Waals surface area contributed by atoms with E-state index in [0.29, 0.717) is 5.41 Å². The summed E-state index contributed by atoms with van der Waals surface area (Å²) in [5.74, 6) is 0. The molecule has 5 nitrogen and oxygen atoms in total. The molecule has 80 valence electrons. The minimum absolute atomic E-state index is 0.102. The molecule has 0 aliphatic heterocycles. The summed E-state index contributed by atoms with van der Waals surface area (Å²) in [4.78, 5) is 9.37. The van der Waals surface area contributed by atoms with Crippen molar-refractivity contribution in [3.05, 3.63) is 45.3 Å². The normalized spacial score (nSPS) is 11.0. The molecule has 0 aliphatic carbocycles. The van der Waals surface area contributed by atoms with E-state index < -0.39 is 25.3 Å². The molecule has 0 bridgehead atoms. The topological polar surface area (TPSA) is 77.3 Å². The van der Waals surface area contributed by atoms with Gasteiger partial charge in [-0.2, -0.15) is 0 Å². The van der Waals surface area contributed by atoms with Crippen molar-refractivity contribution >= 4 is 27.1 Å². The predicted octanol–water partition coefficient (Wildman–Crippen LogP) is 2.17. The molecule has 0 spiro atoms. The van der Waals surface area contributed by atoms with Crippen LogP contribution in [-0.4, -0.2) is 13.3 Å². The highest BCUT2D eigenvalue weighted by molar-refractivity contribution is 7.94. The zero-order valence-electron chi connectivity index (χ0n) is 7.38. The molecule has 0 N–H and O–H groups in total. The maximum Gasteiger partial charge on any atom is 0.289 e. The molecule has 0 radical (unpaired) electrons. The van der Waals surface area contributed by atoms with E-state index in [2.05, 4.69) is 6.58 Å². The summed E-state index contributed by atoms with van der Waals surface area (Å²) < 4.78 is 22.7. The van der Waals surface area contributed by atoms with Gasteiger partial charge in [-0.3, -0.25) is 10.1 Å². The molecule has 0 saturated carbocycles. The van der Waals surface area contributed by atoms with E-state index in [1.54, 1.807) is 0 Å². The molecular weight excluding hydrogens is 242 g/mol. The highest BCUT2D eigenvalue weighted by atomic mass is 35.5. The van der Waals surface area contributed by atoms with Crippen molar-refractivity contribution in [2.45, 2.75) is 4.90 Å². The summed E-state index contributed by atoms with van der Waals surface area (Å²) in [6.45, 7) is 3.09. The Morgan fingerprint density at radius 3 is 2.53 bits per heavy atom. The second-order valence-electron chi connectivity index (χ2n) is 2.58. The number of halogens is 1. The standard InChI is InChI=1S/C8H6ClNO4S/c1-2-15(13,14)8-4-3-6(9)5-7(8)10(11)12/h2-5H,1H2. The number of sulfone groups is 1. The number of nitro benzene ring substituents is 1. The number of nitrogens with zero attached hydrogens (tertiary/aromatic N) is 1. The van der Waals surface area contributed by atoms with E-state index in [9.17, 15) is 18.5 Å². The average Bonchev–Trinajstić information content (AvgIpc) is 2.17. The van der Waals surface area contributed by atoms with Gasteiger partial charge in [0.25, 0.3) is 5.69 Å². The Morgan fingerprint density at radius 2 is 2.07 bits per heavy atom. The van der Waals surface area contributed by atoms with Crippen LogP contribution in [0.1, 0.15) is 0 Å². The summed E-state index contributed by atoms with van der Waals surface area (Å²) in [6.07, 6.45) is 0. The molecule has 1 aromatic rings. The Bertz CT molecular complexity index is 523. The number of benzene rings is 1. The van der Waals surface area contributed by atoms with E-state index in [0.717, 1.165) is 12.1 Å². The average molecular weight is 248 g/mol. The molecular formula is C8H6ClNO4S. The second-order valence-corrected chi connectivity index (χ2v) is 4.88. The SMILES string of the molecule is C=CS(=O)(=O)c1ccc(Cl)cc1[N+](=O)[O-]. The number of hydrogen-bond acceptors (Lipinski definition) is 4. The van der Waals surface area contributed by atoms with E-state index in [1.807, 2.05) is 0 Å². The van der Waals surface area contributed by atoms with Gasteiger partial charge < -0.3 is 0 Å². The van der Waals surface area contributed by atoms with Crippen LogP contribution in [0, 0.1) is 10.1 Å². The van der Waals surface area contributed by atoms with Crippen molar-refractivity contribution < 1.29 is 13.3 Å². The maximum absolute atomic E-state index is 11.4. The van der Waals surface area contributed by atoms with Crippen LogP contribution in [0.4, 0.5) is 5.69 Å². The van der Waals surface area contributed by atoms with Gasteiger partial charge in [0.15, 0.2) is 0 Å². The van der Waals surface area contributed by atoms with Crippen LogP contribution >= 0.6 is 11.6 Å². The van der Waals surface area contributed by atoms with Gasteiger partial charge in [0.05, 0.1) is 4.92 Å². The van der Waals surface area contributed by atoms with Crippen LogP contribution in [0.3, 0.4) is 0 Å². The second kappa shape index (κ2) is 4.00. The van der Waals surface area contributed by atoms with Crippen LogP contribution < -0.4 is 0 Å². The van der Waals surface area contributed by atoms with Gasteiger partial charge >= 0.3 is 0 Å². The first kappa shape index (κ1) is 11.7.